The van der Waals surface area contributed by atoms with Crippen LogP contribution in [0, 0.1) is 5.92 Å². The number of aliphatic hydroxyl groups is 1. The van der Waals surface area contributed by atoms with Crippen LogP contribution >= 0.6 is 11.6 Å². The highest BCUT2D eigenvalue weighted by atomic mass is 35.5. The van der Waals surface area contributed by atoms with Gasteiger partial charge in [-0.1, -0.05) is 0 Å². The maximum atomic E-state index is 9.93. The number of aliphatic hydroxyl groups excluding tert-OH is 1. The number of hydrogen-bond donors (Lipinski definition) is 1. The molecule has 1 unspecified atom stereocenters. The second-order valence-electron chi connectivity index (χ2n) is 5.11. The number of hydrogen-bond acceptors (Lipinski definition) is 2. The summed E-state index contributed by atoms with van der Waals surface area (Å²) in [6.07, 6.45) is 11.9. The summed E-state index contributed by atoms with van der Waals surface area (Å²) in [5, 5.41) is 10.3. The molecule has 1 atom stereocenters. The third-order valence-corrected chi connectivity index (χ3v) is 4.10. The normalized spacial score (nSPS) is 26.9. The molecule has 0 saturated heterocycles. The van der Waals surface area contributed by atoms with Crippen LogP contribution in [-0.2, 0) is 6.54 Å². The second kappa shape index (κ2) is 6.41. The van der Waals surface area contributed by atoms with Crippen molar-refractivity contribution in [2.75, 3.05) is 0 Å². The van der Waals surface area contributed by atoms with Crippen LogP contribution in [0.4, 0.5) is 0 Å². The van der Waals surface area contributed by atoms with E-state index in [4.69, 9.17) is 11.6 Å². The molecule has 1 heterocycles. The van der Waals surface area contributed by atoms with Gasteiger partial charge in [-0.2, -0.15) is 0 Å². The highest BCUT2D eigenvalue weighted by molar-refractivity contribution is 6.20. The zero-order valence-corrected chi connectivity index (χ0v) is 10.9. The molecule has 0 amide bonds. The van der Waals surface area contributed by atoms with E-state index >= 15 is 0 Å². The predicted octanol–water partition coefficient (Wildman–Crippen LogP) is 2.82. The highest BCUT2D eigenvalue weighted by Crippen LogP contribution is 2.30. The molecule has 1 aromatic rings. The smallest absolute Gasteiger partial charge is 0.0946 e. The quantitative estimate of drug-likeness (QED) is 0.823. The van der Waals surface area contributed by atoms with Crippen LogP contribution in [0.2, 0.25) is 0 Å². The molecule has 1 fully saturated rings. The average molecular weight is 257 g/mol. The van der Waals surface area contributed by atoms with Crippen LogP contribution in [0.25, 0.3) is 0 Å². The first kappa shape index (κ1) is 12.9. The average Bonchev–Trinajstić information content (AvgIpc) is 2.81. The fourth-order valence-electron chi connectivity index (χ4n) is 2.57. The van der Waals surface area contributed by atoms with Crippen molar-refractivity contribution in [1.29, 1.82) is 0 Å². The third-order valence-electron chi connectivity index (χ3n) is 3.67. The molecule has 3 nitrogen and oxygen atoms in total. The molecule has 1 saturated carbocycles. The van der Waals surface area contributed by atoms with E-state index in [1.54, 1.807) is 12.5 Å². The first-order valence-corrected chi connectivity index (χ1v) is 6.95. The summed E-state index contributed by atoms with van der Waals surface area (Å²) >= 11 is 6.08. The van der Waals surface area contributed by atoms with Gasteiger partial charge in [-0.15, -0.1) is 11.6 Å². The predicted molar refractivity (Wildman–Crippen MR) is 69.1 cm³/mol. The molecule has 0 bridgehead atoms. The molecule has 1 N–H and O–H groups in total. The Morgan fingerprint density at radius 3 is 2.76 bits per heavy atom. The number of alkyl halides is 1. The van der Waals surface area contributed by atoms with E-state index in [2.05, 4.69) is 4.98 Å². The van der Waals surface area contributed by atoms with Crippen molar-refractivity contribution in [3.63, 3.8) is 0 Å². The van der Waals surface area contributed by atoms with Crippen molar-refractivity contribution < 1.29 is 5.11 Å². The van der Waals surface area contributed by atoms with Gasteiger partial charge >= 0.3 is 0 Å². The standard InChI is InChI=1S/C13H21ClN2O/c14-12-4-1-11(2-5-12)3-6-13(17)9-16-8-7-15-10-16/h7-8,10-13,17H,1-6,9H2. The van der Waals surface area contributed by atoms with Crippen LogP contribution in [0.5, 0.6) is 0 Å². The fraction of sp³-hybridized carbons (Fsp3) is 0.769. The maximum Gasteiger partial charge on any atom is 0.0946 e. The summed E-state index contributed by atoms with van der Waals surface area (Å²) in [6, 6.07) is 0. The molecule has 4 heteroatoms. The maximum absolute atomic E-state index is 9.93. The summed E-state index contributed by atoms with van der Waals surface area (Å²) in [6.45, 7) is 0.658. The Balaban J connectivity index is 1.64. The summed E-state index contributed by atoms with van der Waals surface area (Å²) in [4.78, 5) is 3.97. The first-order valence-electron chi connectivity index (χ1n) is 6.52. The molecular formula is C13H21ClN2O. The van der Waals surface area contributed by atoms with Gasteiger partial charge in [0.1, 0.15) is 0 Å². The fourth-order valence-corrected chi connectivity index (χ4v) is 2.82. The minimum absolute atomic E-state index is 0.252. The number of halogens is 1. The van der Waals surface area contributed by atoms with Gasteiger partial charge in [0.05, 0.1) is 12.4 Å². The van der Waals surface area contributed by atoms with Crippen molar-refractivity contribution in [3.8, 4) is 0 Å². The monoisotopic (exact) mass is 256 g/mol. The molecule has 96 valence electrons. The molecule has 0 aliphatic heterocycles. The van der Waals surface area contributed by atoms with Crippen molar-refractivity contribution in [2.45, 2.75) is 56.6 Å². The van der Waals surface area contributed by atoms with Gasteiger partial charge in [0.25, 0.3) is 0 Å². The minimum Gasteiger partial charge on any atom is -0.391 e. The lowest BCUT2D eigenvalue weighted by atomic mass is 9.85. The van der Waals surface area contributed by atoms with Gasteiger partial charge in [-0.25, -0.2) is 4.98 Å². The summed E-state index contributed by atoms with van der Waals surface area (Å²) < 4.78 is 1.93. The number of aromatic nitrogens is 2. The summed E-state index contributed by atoms with van der Waals surface area (Å²) in [5.74, 6) is 0.766. The minimum atomic E-state index is -0.252. The Bertz CT molecular complexity index is 307. The van der Waals surface area contributed by atoms with E-state index in [9.17, 15) is 5.11 Å². The topological polar surface area (TPSA) is 38.0 Å². The number of rotatable bonds is 5. The van der Waals surface area contributed by atoms with Crippen molar-refractivity contribution >= 4 is 11.6 Å². The molecular weight excluding hydrogens is 236 g/mol. The van der Waals surface area contributed by atoms with E-state index in [0.29, 0.717) is 11.9 Å². The Morgan fingerprint density at radius 1 is 1.35 bits per heavy atom. The number of nitrogens with zero attached hydrogens (tertiary/aromatic N) is 2. The molecule has 0 aromatic carbocycles. The Labute approximate surface area is 108 Å². The Morgan fingerprint density at radius 2 is 2.12 bits per heavy atom. The van der Waals surface area contributed by atoms with Crippen molar-refractivity contribution in [2.24, 2.45) is 5.92 Å². The van der Waals surface area contributed by atoms with E-state index in [0.717, 1.165) is 31.6 Å². The van der Waals surface area contributed by atoms with Crippen LogP contribution in [-0.4, -0.2) is 26.1 Å². The molecule has 2 rings (SSSR count). The SMILES string of the molecule is OC(CCC1CCC(Cl)CC1)Cn1ccnc1. The molecule has 1 aliphatic carbocycles. The van der Waals surface area contributed by atoms with Crippen LogP contribution < -0.4 is 0 Å². The molecule has 1 aliphatic rings. The molecule has 1 aromatic heterocycles. The van der Waals surface area contributed by atoms with E-state index in [1.165, 1.54) is 12.8 Å². The van der Waals surface area contributed by atoms with E-state index < -0.39 is 0 Å². The lowest BCUT2D eigenvalue weighted by molar-refractivity contribution is 0.131. The van der Waals surface area contributed by atoms with Gasteiger partial charge in [-0.05, 0) is 44.4 Å². The van der Waals surface area contributed by atoms with E-state index in [1.807, 2.05) is 10.8 Å². The zero-order valence-electron chi connectivity index (χ0n) is 10.1. The van der Waals surface area contributed by atoms with Gasteiger partial charge in [-0.3, -0.25) is 0 Å². The number of imidazole rings is 1. The zero-order chi connectivity index (χ0) is 12.1. The van der Waals surface area contributed by atoms with Gasteiger partial charge < -0.3 is 9.67 Å². The lowest BCUT2D eigenvalue weighted by Crippen LogP contribution is -2.19. The third kappa shape index (κ3) is 4.32. The van der Waals surface area contributed by atoms with Gasteiger partial charge in [0, 0.05) is 24.3 Å². The van der Waals surface area contributed by atoms with E-state index in [-0.39, 0.29) is 6.10 Å². The van der Waals surface area contributed by atoms with Crippen molar-refractivity contribution in [1.82, 2.24) is 9.55 Å². The van der Waals surface area contributed by atoms with Gasteiger partial charge in [0.2, 0.25) is 0 Å². The second-order valence-corrected chi connectivity index (χ2v) is 5.73. The lowest BCUT2D eigenvalue weighted by Gasteiger charge is -2.25. The molecule has 17 heavy (non-hydrogen) atoms. The summed E-state index contributed by atoms with van der Waals surface area (Å²) in [7, 11) is 0. The Kier molecular flexibility index (Phi) is 4.86. The Hall–Kier alpha value is -0.540. The van der Waals surface area contributed by atoms with Crippen LogP contribution in [0.1, 0.15) is 38.5 Å². The molecule has 0 spiro atoms. The first-order chi connectivity index (χ1) is 8.24. The summed E-state index contributed by atoms with van der Waals surface area (Å²) in [5.41, 5.74) is 0. The largest absolute Gasteiger partial charge is 0.391 e. The molecule has 0 radical (unpaired) electrons. The highest BCUT2D eigenvalue weighted by Gasteiger charge is 2.20. The van der Waals surface area contributed by atoms with Crippen molar-refractivity contribution in [3.05, 3.63) is 18.7 Å². The van der Waals surface area contributed by atoms with Crippen LogP contribution in [0.3, 0.4) is 0 Å². The van der Waals surface area contributed by atoms with Crippen LogP contribution in [0.15, 0.2) is 18.7 Å². The van der Waals surface area contributed by atoms with Gasteiger partial charge in [0.15, 0.2) is 0 Å².